The first kappa shape index (κ1) is 25.4. The molecular weight excluding hydrogens is 488 g/mol. The van der Waals surface area contributed by atoms with Gasteiger partial charge in [0, 0.05) is 31.5 Å². The molecule has 194 valence electrons. The van der Waals surface area contributed by atoms with Gasteiger partial charge in [-0.1, -0.05) is 55.4 Å². The minimum atomic E-state index is -0.755. The van der Waals surface area contributed by atoms with Crippen LogP contribution in [0, 0.1) is 12.8 Å². The third-order valence-electron chi connectivity index (χ3n) is 7.23. The second kappa shape index (κ2) is 10.2. The average Bonchev–Trinajstić information content (AvgIpc) is 3.24. The zero-order valence-corrected chi connectivity index (χ0v) is 22.1. The summed E-state index contributed by atoms with van der Waals surface area (Å²) in [7, 11) is 0. The average molecular weight is 521 g/mol. The summed E-state index contributed by atoms with van der Waals surface area (Å²) in [6.45, 7) is 10.3. The molecule has 2 fully saturated rings. The number of rotatable bonds is 8. The van der Waals surface area contributed by atoms with Crippen molar-refractivity contribution in [2.24, 2.45) is 5.92 Å². The van der Waals surface area contributed by atoms with Gasteiger partial charge in [-0.2, -0.15) is 0 Å². The van der Waals surface area contributed by atoms with Crippen molar-refractivity contribution in [1.82, 2.24) is 20.4 Å². The Balaban J connectivity index is 1.26. The maximum atomic E-state index is 13.7. The van der Waals surface area contributed by atoms with Crippen LogP contribution < -0.4 is 5.32 Å². The number of aliphatic hydroxyl groups excluding tert-OH is 1. The summed E-state index contributed by atoms with van der Waals surface area (Å²) in [5, 5.41) is 17.5. The molecule has 2 aromatic heterocycles. The number of hydrogen-bond acceptors (Lipinski definition) is 7. The Morgan fingerprint density at radius 1 is 1.30 bits per heavy atom. The molecule has 2 aliphatic rings. The fourth-order valence-electron chi connectivity index (χ4n) is 5.01. The van der Waals surface area contributed by atoms with Crippen molar-refractivity contribution in [2.75, 3.05) is 6.54 Å². The molecule has 9 heteroatoms. The molecule has 1 aliphatic carbocycles. The second-order valence-electron chi connectivity index (χ2n) is 10.4. The number of thiazole rings is 1. The van der Waals surface area contributed by atoms with Crippen LogP contribution in [-0.2, 0) is 16.1 Å². The first-order chi connectivity index (χ1) is 17.7. The fourth-order valence-corrected chi connectivity index (χ4v) is 5.82. The second-order valence-corrected chi connectivity index (χ2v) is 11.2. The minimum absolute atomic E-state index is 0.0714. The Hall–Kier alpha value is -3.30. The molecule has 2 amide bonds. The SMILES string of the molecule is C=C1CC1c1cc(C(C(=O)N2C[C@H](O)C[C@H]2C(=O)NCc2ccc(-c3scnc3C)cc2)C(C)C)on1. The number of aliphatic hydroxyl groups is 1. The Morgan fingerprint density at radius 2 is 2.03 bits per heavy atom. The van der Waals surface area contributed by atoms with Gasteiger partial charge in [-0.3, -0.25) is 9.59 Å². The summed E-state index contributed by atoms with van der Waals surface area (Å²) in [6.07, 6.45) is 0.338. The van der Waals surface area contributed by atoms with Gasteiger partial charge in [0.1, 0.15) is 17.7 Å². The maximum absolute atomic E-state index is 13.7. The first-order valence-corrected chi connectivity index (χ1v) is 13.5. The van der Waals surface area contributed by atoms with Crippen molar-refractivity contribution in [2.45, 2.75) is 64.1 Å². The van der Waals surface area contributed by atoms with Crippen LogP contribution in [0.3, 0.4) is 0 Å². The highest BCUT2D eigenvalue weighted by Crippen LogP contribution is 2.45. The molecule has 0 radical (unpaired) electrons. The Labute approximate surface area is 220 Å². The molecule has 37 heavy (non-hydrogen) atoms. The number of aryl methyl sites for hydroxylation is 1. The third kappa shape index (κ3) is 5.24. The van der Waals surface area contributed by atoms with E-state index in [4.69, 9.17) is 4.52 Å². The lowest BCUT2D eigenvalue weighted by molar-refractivity contribution is -0.141. The Morgan fingerprint density at radius 3 is 2.65 bits per heavy atom. The number of likely N-dealkylation sites (tertiary alicyclic amines) is 1. The number of benzene rings is 1. The number of allylic oxidation sites excluding steroid dienone is 1. The van der Waals surface area contributed by atoms with E-state index in [1.165, 1.54) is 4.90 Å². The summed E-state index contributed by atoms with van der Waals surface area (Å²) in [6, 6.07) is 9.09. The van der Waals surface area contributed by atoms with Gasteiger partial charge >= 0.3 is 0 Å². The molecule has 4 atom stereocenters. The maximum Gasteiger partial charge on any atom is 0.243 e. The number of nitrogens with one attached hydrogen (secondary N) is 1. The van der Waals surface area contributed by atoms with E-state index in [1.807, 2.05) is 56.6 Å². The zero-order valence-electron chi connectivity index (χ0n) is 21.3. The van der Waals surface area contributed by atoms with E-state index in [-0.39, 0.29) is 36.6 Å². The number of aromatic nitrogens is 2. The first-order valence-electron chi connectivity index (χ1n) is 12.6. The molecule has 5 rings (SSSR count). The van der Waals surface area contributed by atoms with E-state index < -0.39 is 18.1 Å². The monoisotopic (exact) mass is 520 g/mol. The van der Waals surface area contributed by atoms with Crippen molar-refractivity contribution < 1.29 is 19.2 Å². The van der Waals surface area contributed by atoms with Gasteiger partial charge in [-0.05, 0) is 30.4 Å². The lowest BCUT2D eigenvalue weighted by Crippen LogP contribution is -2.48. The molecule has 1 aliphatic heterocycles. The van der Waals surface area contributed by atoms with Crippen molar-refractivity contribution in [3.8, 4) is 10.4 Å². The van der Waals surface area contributed by atoms with E-state index in [1.54, 1.807) is 11.3 Å². The lowest BCUT2D eigenvalue weighted by Gasteiger charge is -2.28. The van der Waals surface area contributed by atoms with E-state index >= 15 is 0 Å². The lowest BCUT2D eigenvalue weighted by atomic mass is 9.91. The van der Waals surface area contributed by atoms with Gasteiger partial charge in [0.2, 0.25) is 11.8 Å². The zero-order chi connectivity index (χ0) is 26.3. The quantitative estimate of drug-likeness (QED) is 0.432. The topological polar surface area (TPSA) is 109 Å². The molecule has 0 spiro atoms. The van der Waals surface area contributed by atoms with Crippen molar-refractivity contribution in [1.29, 1.82) is 0 Å². The standard InChI is InChI=1S/C28H32N4O4S/c1-15(2)25(24-11-22(31-36-24)21-9-16(21)3)28(35)32-13-20(33)10-23(32)27(34)29-12-18-5-7-19(8-6-18)26-17(4)30-14-37-26/h5-8,11,14-15,20-21,23,25,33H,3,9-10,12-13H2,1-2,4H3,(H,29,34)/t20-,21?,23+,25?/m1/s1. The van der Waals surface area contributed by atoms with Crippen LogP contribution in [-0.4, -0.2) is 50.7 Å². The minimum Gasteiger partial charge on any atom is -0.391 e. The number of amides is 2. The normalized spacial score (nSPS) is 21.9. The molecular formula is C28H32N4O4S. The highest BCUT2D eigenvalue weighted by Gasteiger charge is 2.43. The van der Waals surface area contributed by atoms with E-state index in [0.29, 0.717) is 12.3 Å². The van der Waals surface area contributed by atoms with Crippen molar-refractivity contribution >= 4 is 23.2 Å². The highest BCUT2D eigenvalue weighted by molar-refractivity contribution is 7.13. The van der Waals surface area contributed by atoms with E-state index in [2.05, 4.69) is 22.0 Å². The van der Waals surface area contributed by atoms with Crippen LogP contribution >= 0.6 is 11.3 Å². The van der Waals surface area contributed by atoms with Crippen LogP contribution in [0.25, 0.3) is 10.4 Å². The summed E-state index contributed by atoms with van der Waals surface area (Å²) < 4.78 is 5.59. The molecule has 2 N–H and O–H groups in total. The summed E-state index contributed by atoms with van der Waals surface area (Å²) in [5.41, 5.74) is 6.77. The molecule has 1 saturated heterocycles. The molecule has 8 nitrogen and oxygen atoms in total. The Kier molecular flexibility index (Phi) is 7.00. The number of carbonyl (C=O) groups is 2. The van der Waals surface area contributed by atoms with Gasteiger partial charge < -0.3 is 19.8 Å². The predicted molar refractivity (Wildman–Crippen MR) is 141 cm³/mol. The molecule has 2 unspecified atom stereocenters. The van der Waals surface area contributed by atoms with Gasteiger partial charge in [0.25, 0.3) is 0 Å². The van der Waals surface area contributed by atoms with Gasteiger partial charge in [-0.25, -0.2) is 4.98 Å². The van der Waals surface area contributed by atoms with Crippen LogP contribution in [0.4, 0.5) is 0 Å². The molecule has 3 heterocycles. The Bertz CT molecular complexity index is 1310. The molecule has 1 aromatic carbocycles. The van der Waals surface area contributed by atoms with Crippen molar-refractivity contribution in [3.05, 3.63) is 70.7 Å². The van der Waals surface area contributed by atoms with Crippen LogP contribution in [0.2, 0.25) is 0 Å². The van der Waals surface area contributed by atoms with E-state index in [9.17, 15) is 14.7 Å². The number of hydrogen-bond donors (Lipinski definition) is 2. The predicted octanol–water partition coefficient (Wildman–Crippen LogP) is 4.17. The number of nitrogens with zero attached hydrogens (tertiary/aromatic N) is 3. The van der Waals surface area contributed by atoms with Crippen LogP contribution in [0.15, 0.2) is 52.5 Å². The van der Waals surface area contributed by atoms with Crippen molar-refractivity contribution in [3.63, 3.8) is 0 Å². The summed E-state index contributed by atoms with van der Waals surface area (Å²) in [5.74, 6) is -0.468. The molecule has 1 saturated carbocycles. The smallest absolute Gasteiger partial charge is 0.243 e. The molecule has 3 aromatic rings. The summed E-state index contributed by atoms with van der Waals surface area (Å²) >= 11 is 1.60. The van der Waals surface area contributed by atoms with E-state index in [0.717, 1.165) is 39.4 Å². The largest absolute Gasteiger partial charge is 0.391 e. The fraction of sp³-hybridized carbons (Fsp3) is 0.429. The third-order valence-corrected chi connectivity index (χ3v) is 8.21. The molecule has 0 bridgehead atoms. The van der Waals surface area contributed by atoms with Gasteiger partial charge in [0.05, 0.1) is 27.9 Å². The number of carbonyl (C=O) groups excluding carboxylic acids is 2. The van der Waals surface area contributed by atoms with Crippen LogP contribution in [0.1, 0.15) is 61.2 Å². The summed E-state index contributed by atoms with van der Waals surface area (Å²) in [4.78, 5) is 33.8. The highest BCUT2D eigenvalue weighted by atomic mass is 32.1. The van der Waals surface area contributed by atoms with Gasteiger partial charge in [-0.15, -0.1) is 11.3 Å². The van der Waals surface area contributed by atoms with Crippen LogP contribution in [0.5, 0.6) is 0 Å². The number of β-amino-alcohol motifs (C(OH)–C–C–N with tert-alkyl or cyclic N) is 1. The van der Waals surface area contributed by atoms with Gasteiger partial charge in [0.15, 0.2) is 0 Å².